The summed E-state index contributed by atoms with van der Waals surface area (Å²) in [6.45, 7) is 7.52. The molecule has 6 nitrogen and oxygen atoms in total. The van der Waals surface area contributed by atoms with E-state index in [0.29, 0.717) is 5.92 Å². The van der Waals surface area contributed by atoms with Crippen LogP contribution in [-0.2, 0) is 16.0 Å². The number of aliphatic imine (C=N–C) groups is 1. The highest BCUT2D eigenvalue weighted by Crippen LogP contribution is 2.13. The highest BCUT2D eigenvalue weighted by Gasteiger charge is 2.19. The summed E-state index contributed by atoms with van der Waals surface area (Å²) in [6, 6.07) is 7.91. The van der Waals surface area contributed by atoms with Crippen molar-refractivity contribution in [2.24, 2.45) is 10.9 Å². The fourth-order valence-electron chi connectivity index (χ4n) is 2.89. The molecule has 0 aromatic heterocycles. The number of rotatable bonds is 7. The number of carbonyl (C=O) groups is 1. The van der Waals surface area contributed by atoms with E-state index in [9.17, 15) is 4.79 Å². The summed E-state index contributed by atoms with van der Waals surface area (Å²) in [6.07, 6.45) is 2.03. The Balaban J connectivity index is 1.90. The van der Waals surface area contributed by atoms with Gasteiger partial charge in [-0.15, -0.1) is 0 Å². The quantitative estimate of drug-likeness (QED) is 0.586. The fourth-order valence-corrected chi connectivity index (χ4v) is 2.89. The van der Waals surface area contributed by atoms with Crippen molar-refractivity contribution in [2.75, 3.05) is 45.2 Å². The summed E-state index contributed by atoms with van der Waals surface area (Å²) in [7, 11) is 2.00. The first-order valence-electron chi connectivity index (χ1n) is 9.08. The van der Waals surface area contributed by atoms with Gasteiger partial charge in [0.1, 0.15) is 6.54 Å². The Hall–Kier alpha value is -2.08. The van der Waals surface area contributed by atoms with E-state index in [0.717, 1.165) is 50.8 Å². The van der Waals surface area contributed by atoms with Crippen LogP contribution in [0, 0.1) is 5.92 Å². The average Bonchev–Trinajstić information content (AvgIpc) is 3.11. The van der Waals surface area contributed by atoms with E-state index >= 15 is 0 Å². The topological polar surface area (TPSA) is 66.0 Å². The second-order valence-corrected chi connectivity index (χ2v) is 6.38. The van der Waals surface area contributed by atoms with Crippen LogP contribution in [0.3, 0.4) is 0 Å². The van der Waals surface area contributed by atoms with E-state index in [1.807, 2.05) is 32.2 Å². The number of aryl methyl sites for hydroxylation is 1. The Morgan fingerprint density at radius 2 is 2.24 bits per heavy atom. The van der Waals surface area contributed by atoms with Crippen molar-refractivity contribution in [2.45, 2.75) is 26.7 Å². The van der Waals surface area contributed by atoms with Crippen LogP contribution in [0.4, 0.5) is 5.69 Å². The number of nitrogens with one attached hydrogen (secondary N) is 2. The molecule has 1 aromatic carbocycles. The van der Waals surface area contributed by atoms with Crippen LogP contribution in [0.15, 0.2) is 29.3 Å². The summed E-state index contributed by atoms with van der Waals surface area (Å²) in [5, 5.41) is 6.16. The van der Waals surface area contributed by atoms with E-state index in [1.165, 1.54) is 5.56 Å². The fraction of sp³-hybridized carbons (Fsp3) is 0.579. The van der Waals surface area contributed by atoms with Crippen LogP contribution in [0.1, 0.15) is 25.8 Å². The molecule has 1 heterocycles. The van der Waals surface area contributed by atoms with Gasteiger partial charge in [0.25, 0.3) is 0 Å². The number of amides is 1. The Labute approximate surface area is 150 Å². The van der Waals surface area contributed by atoms with Crippen molar-refractivity contribution in [1.82, 2.24) is 10.2 Å². The molecular weight excluding hydrogens is 316 g/mol. The van der Waals surface area contributed by atoms with E-state index in [-0.39, 0.29) is 12.5 Å². The molecule has 2 N–H and O–H groups in total. The number of anilines is 1. The Morgan fingerprint density at radius 3 is 2.92 bits per heavy atom. The first-order valence-corrected chi connectivity index (χ1v) is 9.08. The molecule has 138 valence electrons. The zero-order chi connectivity index (χ0) is 18.1. The number of benzene rings is 1. The molecule has 1 aliphatic heterocycles. The van der Waals surface area contributed by atoms with Gasteiger partial charge in [-0.1, -0.05) is 19.1 Å². The maximum atomic E-state index is 12.2. The molecule has 6 heteroatoms. The largest absolute Gasteiger partial charge is 0.381 e. The van der Waals surface area contributed by atoms with Crippen LogP contribution in [0.25, 0.3) is 0 Å². The molecular formula is C19H30N4O2. The van der Waals surface area contributed by atoms with E-state index in [2.05, 4.69) is 33.5 Å². The molecule has 1 aromatic rings. The standard InChI is InChI=1S/C19H30N4O2/c1-4-15-7-6-8-17(11-15)22-18(24)12-21-19(20-5-2)23(3)13-16-9-10-25-14-16/h6-8,11,16H,4-5,9-10,12-14H2,1-3H3,(H,20,21)(H,22,24). The van der Waals surface area contributed by atoms with Crippen molar-refractivity contribution in [3.05, 3.63) is 29.8 Å². The lowest BCUT2D eigenvalue weighted by Gasteiger charge is -2.24. The van der Waals surface area contributed by atoms with Gasteiger partial charge < -0.3 is 20.3 Å². The summed E-state index contributed by atoms with van der Waals surface area (Å²) < 4.78 is 5.43. The molecule has 0 aliphatic carbocycles. The lowest BCUT2D eigenvalue weighted by molar-refractivity contribution is -0.114. The maximum absolute atomic E-state index is 12.2. The summed E-state index contributed by atoms with van der Waals surface area (Å²) in [4.78, 5) is 18.8. The first kappa shape index (κ1) is 19.2. The van der Waals surface area contributed by atoms with E-state index in [4.69, 9.17) is 4.74 Å². The molecule has 25 heavy (non-hydrogen) atoms. The predicted molar refractivity (Wildman–Crippen MR) is 102 cm³/mol. The molecule has 0 bridgehead atoms. The van der Waals surface area contributed by atoms with Crippen LogP contribution in [0.5, 0.6) is 0 Å². The highest BCUT2D eigenvalue weighted by molar-refractivity contribution is 5.94. The minimum Gasteiger partial charge on any atom is -0.381 e. The van der Waals surface area contributed by atoms with Gasteiger partial charge in [0, 0.05) is 38.3 Å². The third-order valence-electron chi connectivity index (χ3n) is 4.24. The van der Waals surface area contributed by atoms with Gasteiger partial charge >= 0.3 is 0 Å². The van der Waals surface area contributed by atoms with E-state index < -0.39 is 0 Å². The van der Waals surface area contributed by atoms with Crippen LogP contribution < -0.4 is 10.6 Å². The predicted octanol–water partition coefficient (Wildman–Crippen LogP) is 2.12. The van der Waals surface area contributed by atoms with Gasteiger partial charge in [-0.05, 0) is 37.5 Å². The summed E-state index contributed by atoms with van der Waals surface area (Å²) in [5.41, 5.74) is 2.02. The molecule has 1 saturated heterocycles. The van der Waals surface area contributed by atoms with Gasteiger partial charge in [0.05, 0.1) is 6.61 Å². The molecule has 0 spiro atoms. The van der Waals surface area contributed by atoms with Crippen LogP contribution >= 0.6 is 0 Å². The Kier molecular flexibility index (Phi) is 7.73. The smallest absolute Gasteiger partial charge is 0.246 e. The van der Waals surface area contributed by atoms with Crippen LogP contribution in [0.2, 0.25) is 0 Å². The Morgan fingerprint density at radius 1 is 1.40 bits per heavy atom. The molecule has 1 amide bonds. The molecule has 1 fully saturated rings. The van der Waals surface area contributed by atoms with Gasteiger partial charge in [-0.2, -0.15) is 0 Å². The highest BCUT2D eigenvalue weighted by atomic mass is 16.5. The van der Waals surface area contributed by atoms with Gasteiger partial charge in [-0.25, -0.2) is 4.99 Å². The summed E-state index contributed by atoms with van der Waals surface area (Å²) >= 11 is 0. The monoisotopic (exact) mass is 346 g/mol. The van der Waals surface area contributed by atoms with Gasteiger partial charge in [-0.3, -0.25) is 4.79 Å². The van der Waals surface area contributed by atoms with Crippen molar-refractivity contribution < 1.29 is 9.53 Å². The number of guanidine groups is 1. The van der Waals surface area contributed by atoms with Crippen molar-refractivity contribution >= 4 is 17.6 Å². The molecule has 0 saturated carbocycles. The molecule has 1 atom stereocenters. The zero-order valence-electron chi connectivity index (χ0n) is 15.5. The zero-order valence-corrected chi connectivity index (χ0v) is 15.5. The van der Waals surface area contributed by atoms with Crippen LogP contribution in [-0.4, -0.2) is 56.7 Å². The summed E-state index contributed by atoms with van der Waals surface area (Å²) in [5.74, 6) is 1.17. The van der Waals surface area contributed by atoms with Gasteiger partial charge in [0.2, 0.25) is 5.91 Å². The molecule has 0 radical (unpaired) electrons. The number of carbonyl (C=O) groups excluding carboxylic acids is 1. The Bertz CT molecular complexity index is 583. The number of ether oxygens (including phenoxy) is 1. The third-order valence-corrected chi connectivity index (χ3v) is 4.24. The number of hydrogen-bond acceptors (Lipinski definition) is 3. The molecule has 2 rings (SSSR count). The second-order valence-electron chi connectivity index (χ2n) is 6.38. The van der Waals surface area contributed by atoms with Crippen molar-refractivity contribution in [3.63, 3.8) is 0 Å². The van der Waals surface area contributed by atoms with Crippen molar-refractivity contribution in [1.29, 1.82) is 0 Å². The molecule has 1 aliphatic rings. The minimum atomic E-state index is -0.110. The number of nitrogens with zero attached hydrogens (tertiary/aromatic N) is 2. The van der Waals surface area contributed by atoms with E-state index in [1.54, 1.807) is 0 Å². The number of hydrogen-bond donors (Lipinski definition) is 2. The SMILES string of the molecule is CCNC(=NCC(=O)Nc1cccc(CC)c1)N(C)CC1CCOC1. The minimum absolute atomic E-state index is 0.101. The first-order chi connectivity index (χ1) is 12.1. The second kappa shape index (κ2) is 10.0. The average molecular weight is 346 g/mol. The molecule has 1 unspecified atom stereocenters. The van der Waals surface area contributed by atoms with Crippen molar-refractivity contribution in [3.8, 4) is 0 Å². The lowest BCUT2D eigenvalue weighted by atomic mass is 10.1. The lowest BCUT2D eigenvalue weighted by Crippen LogP contribution is -2.42. The third kappa shape index (κ3) is 6.38. The maximum Gasteiger partial charge on any atom is 0.246 e. The van der Waals surface area contributed by atoms with Gasteiger partial charge in [0.15, 0.2) is 5.96 Å². The normalized spacial score (nSPS) is 17.4.